The van der Waals surface area contributed by atoms with Crippen molar-refractivity contribution in [3.63, 3.8) is 0 Å². The molecule has 14 heavy (non-hydrogen) atoms. The zero-order valence-electron chi connectivity index (χ0n) is 11.0. The van der Waals surface area contributed by atoms with E-state index >= 15 is 0 Å². The van der Waals surface area contributed by atoms with Gasteiger partial charge in [0, 0.05) is 0 Å². The Balaban J connectivity index is 3.63. The fraction of sp³-hybridized carbons (Fsp3) is 1.00. The van der Waals surface area contributed by atoms with E-state index in [2.05, 4.69) is 34.6 Å². The Bertz CT molecular complexity index is 124. The van der Waals surface area contributed by atoms with Gasteiger partial charge in [-0.2, -0.15) is 0 Å². The molecule has 0 heteroatoms. The third-order valence-electron chi connectivity index (χ3n) is 3.30. The van der Waals surface area contributed by atoms with Gasteiger partial charge in [0.2, 0.25) is 0 Å². The first-order valence-electron chi connectivity index (χ1n) is 6.52. The summed E-state index contributed by atoms with van der Waals surface area (Å²) in [6.45, 7) is 11.8. The van der Waals surface area contributed by atoms with Gasteiger partial charge < -0.3 is 0 Å². The third-order valence-corrected chi connectivity index (χ3v) is 3.30. The van der Waals surface area contributed by atoms with Crippen molar-refractivity contribution >= 4 is 0 Å². The molecule has 0 N–H and O–H groups in total. The second-order valence-corrected chi connectivity index (χ2v) is 5.70. The van der Waals surface area contributed by atoms with Gasteiger partial charge in [0.1, 0.15) is 0 Å². The van der Waals surface area contributed by atoms with Crippen molar-refractivity contribution in [2.75, 3.05) is 0 Å². The van der Waals surface area contributed by atoms with Crippen LogP contribution in [0.5, 0.6) is 0 Å². The van der Waals surface area contributed by atoms with Crippen molar-refractivity contribution in [2.24, 2.45) is 11.3 Å². The van der Waals surface area contributed by atoms with Gasteiger partial charge in [0.05, 0.1) is 0 Å². The number of hydrogen-bond acceptors (Lipinski definition) is 0. The highest BCUT2D eigenvalue weighted by atomic mass is 14.2. The monoisotopic (exact) mass is 198 g/mol. The molecule has 0 spiro atoms. The lowest BCUT2D eigenvalue weighted by molar-refractivity contribution is 0.265. The van der Waals surface area contributed by atoms with Crippen molar-refractivity contribution in [2.45, 2.75) is 79.6 Å². The van der Waals surface area contributed by atoms with Gasteiger partial charge in [0.15, 0.2) is 0 Å². The average molecular weight is 198 g/mol. The van der Waals surface area contributed by atoms with Crippen molar-refractivity contribution in [3.8, 4) is 0 Å². The second-order valence-electron chi connectivity index (χ2n) is 5.70. The van der Waals surface area contributed by atoms with Crippen LogP contribution in [-0.4, -0.2) is 0 Å². The fourth-order valence-corrected chi connectivity index (χ4v) is 2.05. The van der Waals surface area contributed by atoms with E-state index in [-0.39, 0.29) is 0 Å². The van der Waals surface area contributed by atoms with Crippen LogP contribution in [0.1, 0.15) is 79.6 Å². The molecule has 0 aromatic heterocycles. The first kappa shape index (κ1) is 14.0. The van der Waals surface area contributed by atoms with Crippen LogP contribution in [-0.2, 0) is 0 Å². The molecule has 0 saturated carbocycles. The molecular weight excluding hydrogens is 168 g/mol. The highest BCUT2D eigenvalue weighted by molar-refractivity contribution is 4.69. The van der Waals surface area contributed by atoms with E-state index in [0.717, 1.165) is 5.92 Å². The highest BCUT2D eigenvalue weighted by Gasteiger charge is 2.17. The van der Waals surface area contributed by atoms with Crippen LogP contribution in [0.25, 0.3) is 0 Å². The minimum absolute atomic E-state index is 0.581. The molecule has 0 fully saturated rings. The summed E-state index contributed by atoms with van der Waals surface area (Å²) in [6, 6.07) is 0. The predicted octanol–water partition coefficient (Wildman–Crippen LogP) is 5.42. The molecule has 1 unspecified atom stereocenters. The van der Waals surface area contributed by atoms with E-state index < -0.39 is 0 Å². The Labute approximate surface area is 91.5 Å². The van der Waals surface area contributed by atoms with Crippen LogP contribution in [0.15, 0.2) is 0 Å². The molecule has 0 heterocycles. The molecule has 0 aliphatic carbocycles. The lowest BCUT2D eigenvalue weighted by Crippen LogP contribution is -2.12. The Morgan fingerprint density at radius 2 is 1.57 bits per heavy atom. The van der Waals surface area contributed by atoms with Gasteiger partial charge in [-0.1, -0.05) is 66.7 Å². The normalized spacial score (nSPS) is 14.4. The fourth-order valence-electron chi connectivity index (χ4n) is 2.05. The van der Waals surface area contributed by atoms with Gasteiger partial charge >= 0.3 is 0 Å². The van der Waals surface area contributed by atoms with Crippen LogP contribution in [0.3, 0.4) is 0 Å². The summed E-state index contributed by atoms with van der Waals surface area (Å²) < 4.78 is 0. The lowest BCUT2D eigenvalue weighted by atomic mass is 9.80. The SMILES string of the molecule is CCCCC(C)(C)CCC(C)CCC. The Morgan fingerprint density at radius 3 is 2.07 bits per heavy atom. The molecule has 0 nitrogen and oxygen atoms in total. The maximum atomic E-state index is 2.43. The van der Waals surface area contributed by atoms with Crippen LogP contribution >= 0.6 is 0 Å². The van der Waals surface area contributed by atoms with Gasteiger partial charge in [-0.15, -0.1) is 0 Å². The van der Waals surface area contributed by atoms with Crippen molar-refractivity contribution in [1.82, 2.24) is 0 Å². The average Bonchev–Trinajstić information content (AvgIpc) is 2.13. The van der Waals surface area contributed by atoms with Crippen LogP contribution < -0.4 is 0 Å². The van der Waals surface area contributed by atoms with E-state index in [1.54, 1.807) is 0 Å². The zero-order valence-corrected chi connectivity index (χ0v) is 11.0. The summed E-state index contributed by atoms with van der Waals surface area (Å²) in [4.78, 5) is 0. The summed E-state index contributed by atoms with van der Waals surface area (Å²) >= 11 is 0. The van der Waals surface area contributed by atoms with Crippen LogP contribution in [0.2, 0.25) is 0 Å². The van der Waals surface area contributed by atoms with E-state index in [9.17, 15) is 0 Å². The summed E-state index contributed by atoms with van der Waals surface area (Å²) in [7, 11) is 0. The lowest BCUT2D eigenvalue weighted by Gasteiger charge is -2.26. The summed E-state index contributed by atoms with van der Waals surface area (Å²) in [5, 5.41) is 0. The van der Waals surface area contributed by atoms with Gasteiger partial charge in [0.25, 0.3) is 0 Å². The molecule has 0 saturated heterocycles. The third kappa shape index (κ3) is 7.41. The molecule has 0 aliphatic rings. The standard InChI is InChI=1S/C14H30/c1-6-8-11-14(4,5)12-10-13(3)9-7-2/h13H,6-12H2,1-5H3. The molecule has 1 atom stereocenters. The van der Waals surface area contributed by atoms with E-state index in [4.69, 9.17) is 0 Å². The molecule has 0 radical (unpaired) electrons. The van der Waals surface area contributed by atoms with Crippen LogP contribution in [0, 0.1) is 11.3 Å². The second kappa shape index (κ2) is 7.31. The Morgan fingerprint density at radius 1 is 0.929 bits per heavy atom. The quantitative estimate of drug-likeness (QED) is 0.488. The van der Waals surface area contributed by atoms with Gasteiger partial charge in [-0.25, -0.2) is 0 Å². The van der Waals surface area contributed by atoms with Crippen LogP contribution in [0.4, 0.5) is 0 Å². The maximum absolute atomic E-state index is 2.43. The van der Waals surface area contributed by atoms with E-state index in [1.807, 2.05) is 0 Å². The van der Waals surface area contributed by atoms with Crippen molar-refractivity contribution < 1.29 is 0 Å². The molecule has 0 bridgehead atoms. The number of hydrogen-bond donors (Lipinski definition) is 0. The minimum atomic E-state index is 0.581. The maximum Gasteiger partial charge on any atom is -0.0354 e. The summed E-state index contributed by atoms with van der Waals surface area (Å²) in [5.41, 5.74) is 0.581. The van der Waals surface area contributed by atoms with Gasteiger partial charge in [-0.05, 0) is 24.2 Å². The minimum Gasteiger partial charge on any atom is -0.0654 e. The topological polar surface area (TPSA) is 0 Å². The molecule has 0 aromatic rings. The number of rotatable bonds is 8. The number of unbranched alkanes of at least 4 members (excludes halogenated alkanes) is 1. The Kier molecular flexibility index (Phi) is 7.31. The molecule has 0 amide bonds. The highest BCUT2D eigenvalue weighted by Crippen LogP contribution is 2.31. The molecule has 0 aromatic carbocycles. The van der Waals surface area contributed by atoms with E-state index in [1.165, 1.54) is 44.9 Å². The molecule has 0 aliphatic heterocycles. The molecule has 86 valence electrons. The van der Waals surface area contributed by atoms with Crippen molar-refractivity contribution in [1.29, 1.82) is 0 Å². The molecule has 0 rings (SSSR count). The predicted molar refractivity (Wildman–Crippen MR) is 66.6 cm³/mol. The molecular formula is C14H30. The van der Waals surface area contributed by atoms with Crippen molar-refractivity contribution in [3.05, 3.63) is 0 Å². The van der Waals surface area contributed by atoms with Gasteiger partial charge in [-0.3, -0.25) is 0 Å². The first-order chi connectivity index (χ1) is 6.52. The Hall–Kier alpha value is 0. The zero-order chi connectivity index (χ0) is 11.0. The largest absolute Gasteiger partial charge is 0.0654 e. The summed E-state index contributed by atoms with van der Waals surface area (Å²) in [5.74, 6) is 0.931. The summed E-state index contributed by atoms with van der Waals surface area (Å²) in [6.07, 6.45) is 9.73. The smallest absolute Gasteiger partial charge is 0.0354 e. The van der Waals surface area contributed by atoms with E-state index in [0.29, 0.717) is 5.41 Å². The first-order valence-corrected chi connectivity index (χ1v) is 6.52.